The van der Waals surface area contributed by atoms with Crippen LogP contribution in [0.5, 0.6) is 0 Å². The number of nitrogens with zero attached hydrogens (tertiary/aromatic N) is 4. The van der Waals surface area contributed by atoms with Crippen LogP contribution in [-0.2, 0) is 24.2 Å². The number of aryl methyl sites for hydroxylation is 1. The molecular weight excluding hydrogens is 319 g/mol. The normalized spacial score (nSPS) is 20.4. The Morgan fingerprint density at radius 3 is 2.76 bits per heavy atom. The van der Waals surface area contributed by atoms with Gasteiger partial charge in [-0.2, -0.15) is 0 Å². The lowest BCUT2D eigenvalue weighted by molar-refractivity contribution is -0.131. The fourth-order valence-electron chi connectivity index (χ4n) is 3.97. The molecule has 1 unspecified atom stereocenters. The van der Waals surface area contributed by atoms with Gasteiger partial charge in [-0.05, 0) is 43.4 Å². The number of halogens is 1. The summed E-state index contributed by atoms with van der Waals surface area (Å²) in [5.41, 5.74) is 0.845. The molecule has 0 spiro atoms. The summed E-state index contributed by atoms with van der Waals surface area (Å²) in [6.45, 7) is 1.71. The van der Waals surface area contributed by atoms with Gasteiger partial charge in [0.1, 0.15) is 11.6 Å². The number of rotatable bonds is 3. The Morgan fingerprint density at radius 2 is 1.92 bits per heavy atom. The lowest BCUT2D eigenvalue weighted by Crippen LogP contribution is -2.33. The average molecular weight is 342 g/mol. The smallest absolute Gasteiger partial charge is 0.227 e. The van der Waals surface area contributed by atoms with E-state index in [0.29, 0.717) is 6.42 Å². The molecule has 0 radical (unpaired) electrons. The lowest BCUT2D eigenvalue weighted by Gasteiger charge is -2.25. The first-order chi connectivity index (χ1) is 12.2. The molecule has 1 atom stereocenters. The molecule has 1 saturated heterocycles. The van der Waals surface area contributed by atoms with Gasteiger partial charge in [-0.25, -0.2) is 4.39 Å². The highest BCUT2D eigenvalue weighted by Crippen LogP contribution is 2.32. The number of hydrogen-bond donors (Lipinski definition) is 0. The maximum absolute atomic E-state index is 13.1. The van der Waals surface area contributed by atoms with Crippen molar-refractivity contribution in [2.45, 2.75) is 57.5 Å². The molecule has 4 rings (SSSR count). The summed E-state index contributed by atoms with van der Waals surface area (Å²) in [5, 5.41) is 8.82. The van der Waals surface area contributed by atoms with Crippen molar-refractivity contribution in [3.63, 3.8) is 0 Å². The summed E-state index contributed by atoms with van der Waals surface area (Å²) >= 11 is 0. The Kier molecular flexibility index (Phi) is 4.51. The van der Waals surface area contributed by atoms with Crippen LogP contribution in [0.2, 0.25) is 0 Å². The highest BCUT2D eigenvalue weighted by atomic mass is 19.1. The summed E-state index contributed by atoms with van der Waals surface area (Å²) in [4.78, 5) is 14.8. The monoisotopic (exact) mass is 342 g/mol. The molecule has 25 heavy (non-hydrogen) atoms. The fraction of sp³-hybridized carbons (Fsp3) is 0.526. The molecule has 2 aliphatic heterocycles. The van der Waals surface area contributed by atoms with Crippen LogP contribution in [0.1, 0.15) is 55.4 Å². The predicted molar refractivity (Wildman–Crippen MR) is 91.4 cm³/mol. The molecule has 1 fully saturated rings. The molecule has 132 valence electrons. The molecule has 2 aromatic rings. The topological polar surface area (TPSA) is 51.0 Å². The Morgan fingerprint density at radius 1 is 1.08 bits per heavy atom. The summed E-state index contributed by atoms with van der Waals surface area (Å²) in [6, 6.07) is 6.20. The van der Waals surface area contributed by atoms with Gasteiger partial charge in [-0.1, -0.05) is 18.6 Å². The van der Waals surface area contributed by atoms with Crippen molar-refractivity contribution in [3.8, 4) is 0 Å². The molecule has 0 aliphatic carbocycles. The third-order valence-electron chi connectivity index (χ3n) is 5.28. The third-order valence-corrected chi connectivity index (χ3v) is 5.28. The minimum Gasteiger partial charge on any atom is -0.332 e. The molecule has 2 aliphatic rings. The van der Waals surface area contributed by atoms with Crippen molar-refractivity contribution in [1.82, 2.24) is 19.7 Å². The van der Waals surface area contributed by atoms with E-state index in [1.54, 1.807) is 12.1 Å². The van der Waals surface area contributed by atoms with Crippen LogP contribution in [0.4, 0.5) is 4.39 Å². The van der Waals surface area contributed by atoms with Crippen molar-refractivity contribution >= 4 is 5.91 Å². The summed E-state index contributed by atoms with van der Waals surface area (Å²) in [7, 11) is 0. The molecule has 1 amide bonds. The van der Waals surface area contributed by atoms with Crippen LogP contribution < -0.4 is 0 Å². The van der Waals surface area contributed by atoms with E-state index in [-0.39, 0.29) is 17.8 Å². The second-order valence-electron chi connectivity index (χ2n) is 6.99. The standard InChI is InChI=1S/C19H23FN4O/c20-15-9-7-14(8-10-15)13-18(25)23-12-4-5-16(23)19-22-21-17-6-2-1-3-11-24(17)19/h7-10,16H,1-6,11-13H2. The highest BCUT2D eigenvalue weighted by molar-refractivity contribution is 5.79. The molecule has 5 nitrogen and oxygen atoms in total. The van der Waals surface area contributed by atoms with Crippen LogP contribution >= 0.6 is 0 Å². The van der Waals surface area contributed by atoms with Crippen molar-refractivity contribution in [2.24, 2.45) is 0 Å². The van der Waals surface area contributed by atoms with Gasteiger partial charge in [0.25, 0.3) is 0 Å². The van der Waals surface area contributed by atoms with Gasteiger partial charge in [-0.15, -0.1) is 10.2 Å². The zero-order valence-corrected chi connectivity index (χ0v) is 14.3. The second kappa shape index (κ2) is 6.94. The van der Waals surface area contributed by atoms with Crippen LogP contribution in [0.25, 0.3) is 0 Å². The van der Waals surface area contributed by atoms with E-state index in [4.69, 9.17) is 0 Å². The number of hydrogen-bond acceptors (Lipinski definition) is 3. The van der Waals surface area contributed by atoms with Crippen LogP contribution in [-0.4, -0.2) is 32.1 Å². The summed E-state index contributed by atoms with van der Waals surface area (Å²) in [6.07, 6.45) is 6.74. The Labute approximate surface area is 146 Å². The Hall–Kier alpha value is -2.24. The molecule has 6 heteroatoms. The number of benzene rings is 1. The van der Waals surface area contributed by atoms with Gasteiger partial charge in [0.05, 0.1) is 12.5 Å². The van der Waals surface area contributed by atoms with Crippen LogP contribution in [0, 0.1) is 5.82 Å². The largest absolute Gasteiger partial charge is 0.332 e. The van der Waals surface area contributed by atoms with E-state index < -0.39 is 0 Å². The number of amides is 1. The first-order valence-electron chi connectivity index (χ1n) is 9.18. The van der Waals surface area contributed by atoms with Crippen LogP contribution in [0.15, 0.2) is 24.3 Å². The van der Waals surface area contributed by atoms with Gasteiger partial charge in [-0.3, -0.25) is 4.79 Å². The van der Waals surface area contributed by atoms with Crippen molar-refractivity contribution in [1.29, 1.82) is 0 Å². The first kappa shape index (κ1) is 16.2. The Balaban J connectivity index is 1.53. The quantitative estimate of drug-likeness (QED) is 0.861. The average Bonchev–Trinajstić information content (AvgIpc) is 3.18. The van der Waals surface area contributed by atoms with E-state index in [1.807, 2.05) is 4.90 Å². The zero-order valence-electron chi connectivity index (χ0n) is 14.3. The van der Waals surface area contributed by atoms with E-state index in [1.165, 1.54) is 18.6 Å². The van der Waals surface area contributed by atoms with E-state index in [0.717, 1.165) is 62.4 Å². The SMILES string of the molecule is O=C(Cc1ccc(F)cc1)N1CCCC1c1nnc2n1CCCCC2. The predicted octanol–water partition coefficient (Wildman–Crippen LogP) is 3.05. The minimum atomic E-state index is -0.276. The molecule has 1 aromatic carbocycles. The van der Waals surface area contributed by atoms with Gasteiger partial charge in [0, 0.05) is 19.5 Å². The van der Waals surface area contributed by atoms with Crippen molar-refractivity contribution in [3.05, 3.63) is 47.3 Å². The third kappa shape index (κ3) is 3.30. The number of carbonyl (C=O) groups excluding carboxylic acids is 1. The molecule has 3 heterocycles. The molecule has 0 saturated carbocycles. The van der Waals surface area contributed by atoms with Crippen molar-refractivity contribution in [2.75, 3.05) is 6.54 Å². The number of aromatic nitrogens is 3. The Bertz CT molecular complexity index is 755. The van der Waals surface area contributed by atoms with E-state index in [2.05, 4.69) is 14.8 Å². The molecular formula is C19H23FN4O. The number of carbonyl (C=O) groups is 1. The number of fused-ring (bicyclic) bond motifs is 1. The van der Waals surface area contributed by atoms with Crippen LogP contribution in [0.3, 0.4) is 0 Å². The minimum absolute atomic E-state index is 0.0206. The van der Waals surface area contributed by atoms with E-state index in [9.17, 15) is 9.18 Å². The highest BCUT2D eigenvalue weighted by Gasteiger charge is 2.34. The van der Waals surface area contributed by atoms with Crippen molar-refractivity contribution < 1.29 is 9.18 Å². The maximum Gasteiger partial charge on any atom is 0.227 e. The zero-order chi connectivity index (χ0) is 17.2. The fourth-order valence-corrected chi connectivity index (χ4v) is 3.97. The summed E-state index contributed by atoms with van der Waals surface area (Å²) in [5.74, 6) is 1.81. The maximum atomic E-state index is 13.1. The molecule has 1 aromatic heterocycles. The lowest BCUT2D eigenvalue weighted by atomic mass is 10.1. The number of likely N-dealkylation sites (tertiary alicyclic amines) is 1. The second-order valence-corrected chi connectivity index (χ2v) is 6.99. The molecule has 0 N–H and O–H groups in total. The van der Waals surface area contributed by atoms with Gasteiger partial charge < -0.3 is 9.47 Å². The van der Waals surface area contributed by atoms with Gasteiger partial charge in [0.15, 0.2) is 5.82 Å². The van der Waals surface area contributed by atoms with E-state index >= 15 is 0 Å². The first-order valence-corrected chi connectivity index (χ1v) is 9.18. The summed E-state index contributed by atoms with van der Waals surface area (Å²) < 4.78 is 15.3. The van der Waals surface area contributed by atoms with Gasteiger partial charge in [0.2, 0.25) is 5.91 Å². The molecule has 0 bridgehead atoms. The van der Waals surface area contributed by atoms with Gasteiger partial charge >= 0.3 is 0 Å².